The lowest BCUT2D eigenvalue weighted by Crippen LogP contribution is -2.61. The Labute approximate surface area is 688 Å². The minimum Gasteiger partial charge on any atom is -0.479 e. The van der Waals surface area contributed by atoms with Gasteiger partial charge in [0.1, 0.15) is 74.6 Å². The van der Waals surface area contributed by atoms with E-state index in [0.717, 1.165) is 0 Å². The lowest BCUT2D eigenvalue weighted by atomic mass is 9.99. The minimum atomic E-state index is -1.95. The Morgan fingerprint density at radius 3 is 1.32 bits per heavy atom. The van der Waals surface area contributed by atoms with Gasteiger partial charge in [-0.25, -0.2) is 10.7 Å². The van der Waals surface area contributed by atoms with E-state index in [1.807, 2.05) is 0 Å². The van der Waals surface area contributed by atoms with Crippen LogP contribution in [0.5, 0.6) is 11.5 Å². The summed E-state index contributed by atoms with van der Waals surface area (Å²) in [5, 5.41) is 78.6. The highest BCUT2D eigenvalue weighted by Crippen LogP contribution is 2.30. The number of aliphatic carboxylic acids is 1. The van der Waals surface area contributed by atoms with Crippen molar-refractivity contribution in [2.75, 3.05) is 225 Å². The third-order valence-electron chi connectivity index (χ3n) is 16.4. The molecule has 0 bridgehead atoms. The van der Waals surface area contributed by atoms with E-state index in [4.69, 9.17) is 115 Å². The number of aliphatic hydroxyl groups excluding tert-OH is 6. The molecule has 4 rings (SSSR count). The Balaban J connectivity index is 0.0000120. The normalized spacial score (nSPS) is 18.5. The number of aliphatic hydroxyl groups is 6. The van der Waals surface area contributed by atoms with Crippen LogP contribution >= 0.6 is 0 Å². The highest BCUT2D eigenvalue weighted by atomic mass is 16.7. The summed E-state index contributed by atoms with van der Waals surface area (Å²) in [6.07, 6.45) is -12.7. The average Bonchev–Trinajstić information content (AvgIpc) is 0.804. The fourth-order valence-corrected chi connectivity index (χ4v) is 10.4. The second-order valence-corrected chi connectivity index (χ2v) is 25.8. The second kappa shape index (κ2) is 68.2. The monoisotopic (exact) mass is 1710 g/mol. The van der Waals surface area contributed by atoms with Gasteiger partial charge in [-0.15, -0.1) is 0 Å². The SMILES string of the molecule is CC(=O)OCc1ccc(O[C@@H]2OC[C@@H](O)[C@H](O)[C@H]2O)c(C(=O)CCCOCCOCCOCCOCCOCC(=O)N[C@@H](CCCCNC(=O)COCCOCCOCCOCCOCCNC(=O)c2cc(COC(C)=O)ccc2O[C@@H]2O[C@H](C(=O)O)[C@@H](O)[C@H](O)[C@H]2O)C(=O)CCCOCCOCCOCCOCCOCCON)c1.O=C=O. The van der Waals surface area contributed by atoms with Gasteiger partial charge in [-0.05, 0) is 67.5 Å². The van der Waals surface area contributed by atoms with E-state index in [1.165, 1.54) is 44.2 Å². The highest BCUT2D eigenvalue weighted by molar-refractivity contribution is 5.99. The molecule has 0 saturated carbocycles. The molecule has 10 atom stereocenters. The number of benzene rings is 2. The van der Waals surface area contributed by atoms with Crippen LogP contribution in [0.25, 0.3) is 0 Å². The van der Waals surface area contributed by atoms with Crippen molar-refractivity contribution in [3.63, 3.8) is 0 Å². The van der Waals surface area contributed by atoms with Crippen LogP contribution in [0, 0.1) is 0 Å². The van der Waals surface area contributed by atoms with Crippen molar-refractivity contribution in [3.8, 4) is 11.5 Å². The van der Waals surface area contributed by atoms with Crippen LogP contribution in [-0.2, 0) is 146 Å². The Kier molecular flexibility index (Phi) is 60.6. The standard InChI is InChI=1S/C75H120N4O37.CO2/c1-52(80)110-47-54-10-12-62(114-74-69(90)66(87)61(84)49-112-74)56(45-54)59(82)8-5-16-95-19-22-98-26-29-102-34-36-106-40-42-109-51-65(86)79-58(60(83)9-6-17-96-20-23-99-25-28-101-31-32-104-37-38-107-43-44-113-76)7-3-4-14-77-64(85)50-108-41-39-105-35-33-103-30-27-100-24-21-97-18-15-78-72(92)57-46-55(48-111-53(2)81)11-13-63(57)115-75-70(91)67(88)68(89)71(116-75)73(93)94;2-1-3/h10-13,45-46,58,61,66-71,74-75,84,87-91H,3-9,14-44,47-51,76H2,1-2H3,(H,77,85)(H,78,92)(H,79,86)(H,93,94);/t58-,61+,66-,67-,68-,69+,70+,71-,74-,75+;/m0./s1. The molecule has 0 unspecified atom stereocenters. The summed E-state index contributed by atoms with van der Waals surface area (Å²) >= 11 is 0. The first-order chi connectivity index (χ1) is 57.6. The van der Waals surface area contributed by atoms with E-state index in [1.54, 1.807) is 6.07 Å². The Morgan fingerprint density at radius 2 is 0.857 bits per heavy atom. The van der Waals surface area contributed by atoms with Crippen molar-refractivity contribution in [2.45, 2.75) is 133 Å². The molecule has 0 aliphatic carbocycles. The number of carbonyl (C=O) groups excluding carboxylic acids is 9. The highest BCUT2D eigenvalue weighted by Gasteiger charge is 2.48. The molecule has 0 spiro atoms. The largest absolute Gasteiger partial charge is 0.479 e. The van der Waals surface area contributed by atoms with Gasteiger partial charge in [-0.2, -0.15) is 9.59 Å². The van der Waals surface area contributed by atoms with Crippen LogP contribution in [0.15, 0.2) is 36.4 Å². The first-order valence-electron chi connectivity index (χ1n) is 38.9. The third-order valence-corrected chi connectivity index (χ3v) is 16.4. The zero-order valence-corrected chi connectivity index (χ0v) is 67.4. The van der Waals surface area contributed by atoms with E-state index >= 15 is 0 Å². The zero-order chi connectivity index (χ0) is 86.9. The van der Waals surface area contributed by atoms with Crippen LogP contribution in [0.3, 0.4) is 0 Å². The maximum absolute atomic E-state index is 13.5. The summed E-state index contributed by atoms with van der Waals surface area (Å²) < 4.78 is 115. The molecule has 678 valence electrons. The Bertz CT molecular complexity index is 3140. The number of nitrogens with one attached hydrogen (secondary N) is 3. The van der Waals surface area contributed by atoms with Gasteiger partial charge in [0.2, 0.25) is 24.4 Å². The quantitative estimate of drug-likeness (QED) is 0.0136. The number of hydrogen-bond donors (Lipinski definition) is 11. The number of rotatable bonds is 72. The molecule has 0 radical (unpaired) electrons. The van der Waals surface area contributed by atoms with Crippen LogP contribution < -0.4 is 31.3 Å². The topological polar surface area (TPSA) is 577 Å². The van der Waals surface area contributed by atoms with Crippen molar-refractivity contribution in [3.05, 3.63) is 58.7 Å². The first kappa shape index (κ1) is 106. The number of hydrogen-bond acceptors (Lipinski definition) is 39. The molecule has 2 aromatic rings. The van der Waals surface area contributed by atoms with Gasteiger partial charge >= 0.3 is 24.1 Å². The van der Waals surface area contributed by atoms with Crippen molar-refractivity contribution in [1.82, 2.24) is 16.0 Å². The van der Waals surface area contributed by atoms with Gasteiger partial charge in [0.25, 0.3) is 5.91 Å². The number of esters is 2. The summed E-state index contributed by atoms with van der Waals surface area (Å²) in [6.45, 7) is 9.77. The maximum Gasteiger partial charge on any atom is 0.373 e. The van der Waals surface area contributed by atoms with Crippen LogP contribution in [0.4, 0.5) is 0 Å². The second-order valence-electron chi connectivity index (χ2n) is 25.8. The number of amides is 3. The van der Waals surface area contributed by atoms with Crippen LogP contribution in [-0.4, -0.2) is 375 Å². The Hall–Kier alpha value is -7.42. The van der Waals surface area contributed by atoms with Crippen LogP contribution in [0.2, 0.25) is 0 Å². The molecule has 2 fully saturated rings. The Morgan fingerprint density at radius 1 is 0.454 bits per heavy atom. The van der Waals surface area contributed by atoms with Crippen molar-refractivity contribution in [1.29, 1.82) is 0 Å². The number of carbonyl (C=O) groups is 8. The van der Waals surface area contributed by atoms with Gasteiger partial charge in [0.05, 0.1) is 202 Å². The fourth-order valence-electron chi connectivity index (χ4n) is 10.4. The molecular weight excluding hydrogens is 1590 g/mol. The van der Waals surface area contributed by atoms with Crippen molar-refractivity contribution < 1.29 is 188 Å². The summed E-state index contributed by atoms with van der Waals surface area (Å²) in [5.41, 5.74) is 0.957. The molecule has 2 heterocycles. The van der Waals surface area contributed by atoms with E-state index in [9.17, 15) is 74.1 Å². The van der Waals surface area contributed by atoms with Gasteiger partial charge in [-0.3, -0.25) is 33.6 Å². The zero-order valence-electron chi connectivity index (χ0n) is 67.4. The van der Waals surface area contributed by atoms with Crippen molar-refractivity contribution in [2.24, 2.45) is 5.90 Å². The molecule has 43 nitrogen and oxygen atoms in total. The molecule has 2 aromatic carbocycles. The first-order valence-corrected chi connectivity index (χ1v) is 38.9. The van der Waals surface area contributed by atoms with E-state index < -0.39 is 91.1 Å². The number of carboxylic acid groups (broad SMARTS) is 1. The molecule has 0 aromatic heterocycles. The molecule has 2 saturated heterocycles. The molecule has 3 amide bonds. The van der Waals surface area contributed by atoms with Gasteiger partial charge < -0.3 is 156 Å². The molecule has 12 N–H and O–H groups in total. The predicted molar refractivity (Wildman–Crippen MR) is 404 cm³/mol. The smallest absolute Gasteiger partial charge is 0.373 e. The minimum absolute atomic E-state index is 0.0315. The van der Waals surface area contributed by atoms with E-state index in [2.05, 4.69) is 20.8 Å². The third kappa shape index (κ3) is 49.9. The number of ketones is 2. The number of unbranched alkanes of at least 4 members (excludes halogenated alkanes) is 1. The summed E-state index contributed by atoms with van der Waals surface area (Å²) in [7, 11) is 0. The average molecular weight is 1710 g/mol. The molecule has 2 aliphatic rings. The summed E-state index contributed by atoms with van der Waals surface area (Å²) in [5.74, 6) is 0.155. The fraction of sp³-hybridized carbons (Fsp3) is 0.724. The van der Waals surface area contributed by atoms with E-state index in [0.29, 0.717) is 122 Å². The molecule has 2 aliphatic heterocycles. The number of nitrogens with two attached hydrogens (primary N) is 1. The van der Waals surface area contributed by atoms with Gasteiger partial charge in [-0.1, -0.05) is 12.1 Å². The number of Topliss-reactive ketones (excluding diaryl/α,β-unsaturated/α-hetero) is 2. The summed E-state index contributed by atoms with van der Waals surface area (Å²) in [4.78, 5) is 121. The predicted octanol–water partition coefficient (Wildman–Crippen LogP) is -3.03. The summed E-state index contributed by atoms with van der Waals surface area (Å²) in [6, 6.07) is 7.88. The van der Waals surface area contributed by atoms with Crippen molar-refractivity contribution >= 4 is 53.3 Å². The maximum atomic E-state index is 13.5. The lowest BCUT2D eigenvalue weighted by Gasteiger charge is -2.38. The van der Waals surface area contributed by atoms with Gasteiger partial charge in [0, 0.05) is 53.0 Å². The molecular formula is C76H120N4O39. The van der Waals surface area contributed by atoms with Crippen LogP contribution in [0.1, 0.15) is 90.6 Å². The number of carboxylic acids is 1. The lowest BCUT2D eigenvalue weighted by molar-refractivity contribution is -0.271. The number of ether oxygens (including phenoxy) is 21. The van der Waals surface area contributed by atoms with Gasteiger partial charge in [0.15, 0.2) is 17.7 Å². The van der Waals surface area contributed by atoms with E-state index in [-0.39, 0.29) is 218 Å². The molecule has 43 heteroatoms. The molecule has 119 heavy (non-hydrogen) atoms.